The number of nitrogens with one attached hydrogen (secondary N) is 2. The van der Waals surface area contributed by atoms with Crippen molar-refractivity contribution >= 4 is 11.9 Å². The molecule has 2 heterocycles. The van der Waals surface area contributed by atoms with Crippen molar-refractivity contribution in [3.05, 3.63) is 53.3 Å². The van der Waals surface area contributed by atoms with Gasteiger partial charge in [0.2, 0.25) is 0 Å². The first-order valence-electron chi connectivity index (χ1n) is 10.5. The summed E-state index contributed by atoms with van der Waals surface area (Å²) >= 11 is 0. The summed E-state index contributed by atoms with van der Waals surface area (Å²) in [5.41, 5.74) is 3.01. The Bertz CT molecular complexity index is 843. The number of nitrogens with zero attached hydrogens (tertiary/aromatic N) is 4. The van der Waals surface area contributed by atoms with Crippen molar-refractivity contribution < 1.29 is 4.79 Å². The summed E-state index contributed by atoms with van der Waals surface area (Å²) in [5.74, 6) is 1.39. The highest BCUT2D eigenvalue weighted by atomic mass is 16.1. The molecule has 1 atom stereocenters. The van der Waals surface area contributed by atoms with E-state index in [9.17, 15) is 4.79 Å². The van der Waals surface area contributed by atoms with Gasteiger partial charge in [-0.05, 0) is 43.0 Å². The summed E-state index contributed by atoms with van der Waals surface area (Å²) in [4.78, 5) is 19.4. The van der Waals surface area contributed by atoms with E-state index in [2.05, 4.69) is 33.8 Å². The zero-order valence-electron chi connectivity index (χ0n) is 17.7. The van der Waals surface area contributed by atoms with Crippen LogP contribution < -0.4 is 10.6 Å². The maximum absolute atomic E-state index is 12.2. The van der Waals surface area contributed by atoms with E-state index in [0.29, 0.717) is 24.6 Å². The van der Waals surface area contributed by atoms with Crippen LogP contribution in [0.3, 0.4) is 0 Å². The van der Waals surface area contributed by atoms with E-state index in [1.165, 1.54) is 5.56 Å². The molecular weight excluding hydrogens is 364 g/mol. The van der Waals surface area contributed by atoms with Gasteiger partial charge in [-0.3, -0.25) is 9.48 Å². The minimum absolute atomic E-state index is 0.0246. The Hall–Kier alpha value is -2.83. The lowest BCUT2D eigenvalue weighted by Crippen LogP contribution is -2.40. The minimum atomic E-state index is -0.0246. The molecule has 1 amide bonds. The summed E-state index contributed by atoms with van der Waals surface area (Å²) in [7, 11) is 1.96. The molecule has 29 heavy (non-hydrogen) atoms. The molecule has 156 valence electrons. The fourth-order valence-electron chi connectivity index (χ4n) is 3.62. The molecule has 0 radical (unpaired) electrons. The number of amides is 1. The van der Waals surface area contributed by atoms with E-state index >= 15 is 0 Å². The number of aliphatic imine (C=N–C) groups is 1. The Labute approximate surface area is 173 Å². The molecule has 2 aromatic rings. The first kappa shape index (κ1) is 20.9. The fraction of sp³-hybridized carbons (Fsp3) is 0.500. The van der Waals surface area contributed by atoms with Crippen LogP contribution in [0, 0.1) is 0 Å². The van der Waals surface area contributed by atoms with E-state index in [1.807, 2.05) is 49.1 Å². The lowest BCUT2D eigenvalue weighted by molar-refractivity contribution is 0.0953. The molecule has 3 rings (SSSR count). The Morgan fingerprint density at radius 1 is 1.31 bits per heavy atom. The third-order valence-corrected chi connectivity index (χ3v) is 5.16. The number of carbonyl (C=O) groups is 1. The van der Waals surface area contributed by atoms with Crippen LogP contribution in [0.1, 0.15) is 54.1 Å². The lowest BCUT2D eigenvalue weighted by atomic mass is 10.0. The number of likely N-dealkylation sites (tertiary alicyclic amines) is 1. The normalized spacial score (nSPS) is 16.9. The Kier molecular flexibility index (Phi) is 7.27. The number of aryl methyl sites for hydroxylation is 1. The summed E-state index contributed by atoms with van der Waals surface area (Å²) in [6.45, 7) is 8.12. The highest BCUT2D eigenvalue weighted by molar-refractivity contribution is 5.94. The van der Waals surface area contributed by atoms with Gasteiger partial charge in [-0.1, -0.05) is 19.1 Å². The van der Waals surface area contributed by atoms with Crippen molar-refractivity contribution in [3.8, 4) is 0 Å². The minimum Gasteiger partial charge on any atom is -0.357 e. The maximum Gasteiger partial charge on any atom is 0.251 e. The number of carbonyl (C=O) groups excluding carboxylic acids is 1. The van der Waals surface area contributed by atoms with Crippen LogP contribution in [0.4, 0.5) is 0 Å². The second-order valence-electron chi connectivity index (χ2n) is 7.51. The van der Waals surface area contributed by atoms with Gasteiger partial charge in [-0.15, -0.1) is 0 Å². The van der Waals surface area contributed by atoms with Crippen molar-refractivity contribution in [1.82, 2.24) is 25.3 Å². The van der Waals surface area contributed by atoms with Crippen LogP contribution in [0.25, 0.3) is 0 Å². The number of hydrogen-bond donors (Lipinski definition) is 2. The number of benzene rings is 1. The SMILES string of the molecule is CCCNC(=O)c1cccc(CN=C(NCC)N2CCC(c3cnn(C)c3)C2)c1. The molecule has 1 aliphatic rings. The molecular formula is C22H32N6O. The predicted octanol–water partition coefficient (Wildman–Crippen LogP) is 2.51. The van der Waals surface area contributed by atoms with E-state index in [4.69, 9.17) is 4.99 Å². The monoisotopic (exact) mass is 396 g/mol. The number of aromatic nitrogens is 2. The zero-order chi connectivity index (χ0) is 20.6. The average Bonchev–Trinajstić information content (AvgIpc) is 3.38. The standard InChI is InChI=1S/C22H32N6O/c1-4-10-24-21(29)18-8-6-7-17(12-18)13-25-22(23-5-2)28-11-9-19(16-28)20-14-26-27(3)15-20/h6-8,12,14-15,19H,4-5,9-11,13,16H2,1-3H3,(H,23,25)(H,24,29). The van der Waals surface area contributed by atoms with Crippen molar-refractivity contribution in [1.29, 1.82) is 0 Å². The van der Waals surface area contributed by atoms with Gasteiger partial charge in [0.05, 0.1) is 12.7 Å². The molecule has 0 bridgehead atoms. The highest BCUT2D eigenvalue weighted by Gasteiger charge is 2.26. The third kappa shape index (κ3) is 5.59. The van der Waals surface area contributed by atoms with Gasteiger partial charge in [-0.2, -0.15) is 5.10 Å². The second kappa shape index (κ2) is 10.1. The van der Waals surface area contributed by atoms with Gasteiger partial charge in [0.15, 0.2) is 5.96 Å². The van der Waals surface area contributed by atoms with Crippen molar-refractivity contribution in [2.24, 2.45) is 12.0 Å². The molecule has 1 aromatic carbocycles. The smallest absolute Gasteiger partial charge is 0.251 e. The van der Waals surface area contributed by atoms with Gasteiger partial charge in [-0.25, -0.2) is 4.99 Å². The van der Waals surface area contributed by atoms with Gasteiger partial charge in [0.25, 0.3) is 5.91 Å². The Morgan fingerprint density at radius 3 is 2.90 bits per heavy atom. The van der Waals surface area contributed by atoms with Crippen molar-refractivity contribution in [2.45, 2.75) is 39.2 Å². The van der Waals surface area contributed by atoms with E-state index < -0.39 is 0 Å². The van der Waals surface area contributed by atoms with Crippen molar-refractivity contribution in [2.75, 3.05) is 26.2 Å². The molecule has 1 fully saturated rings. The second-order valence-corrected chi connectivity index (χ2v) is 7.51. The van der Waals surface area contributed by atoms with E-state index in [1.54, 1.807) is 0 Å². The van der Waals surface area contributed by atoms with Crippen LogP contribution in [0.5, 0.6) is 0 Å². The lowest BCUT2D eigenvalue weighted by Gasteiger charge is -2.21. The third-order valence-electron chi connectivity index (χ3n) is 5.16. The van der Waals surface area contributed by atoms with Gasteiger partial charge in [0, 0.05) is 50.9 Å². The molecule has 7 nitrogen and oxygen atoms in total. The molecule has 1 aromatic heterocycles. The highest BCUT2D eigenvalue weighted by Crippen LogP contribution is 2.26. The first-order chi connectivity index (χ1) is 14.1. The quantitative estimate of drug-likeness (QED) is 0.557. The van der Waals surface area contributed by atoms with Crippen LogP contribution in [-0.4, -0.2) is 52.7 Å². The topological polar surface area (TPSA) is 74.6 Å². The molecule has 1 unspecified atom stereocenters. The summed E-state index contributed by atoms with van der Waals surface area (Å²) < 4.78 is 1.86. The molecule has 2 N–H and O–H groups in total. The van der Waals surface area contributed by atoms with Crippen LogP contribution in [0.2, 0.25) is 0 Å². The number of hydrogen-bond acceptors (Lipinski definition) is 3. The summed E-state index contributed by atoms with van der Waals surface area (Å²) in [5, 5.41) is 10.6. The number of rotatable bonds is 7. The molecule has 1 aliphatic heterocycles. The van der Waals surface area contributed by atoms with Crippen LogP contribution >= 0.6 is 0 Å². The largest absolute Gasteiger partial charge is 0.357 e. The maximum atomic E-state index is 12.2. The van der Waals surface area contributed by atoms with Crippen LogP contribution in [-0.2, 0) is 13.6 Å². The average molecular weight is 397 g/mol. The van der Waals surface area contributed by atoms with Gasteiger partial charge >= 0.3 is 0 Å². The summed E-state index contributed by atoms with van der Waals surface area (Å²) in [6.07, 6.45) is 6.10. The Balaban J connectivity index is 1.66. The predicted molar refractivity (Wildman–Crippen MR) is 116 cm³/mol. The van der Waals surface area contributed by atoms with Crippen molar-refractivity contribution in [3.63, 3.8) is 0 Å². The number of guanidine groups is 1. The zero-order valence-corrected chi connectivity index (χ0v) is 17.7. The van der Waals surface area contributed by atoms with E-state index in [-0.39, 0.29) is 5.91 Å². The first-order valence-corrected chi connectivity index (χ1v) is 10.5. The molecule has 1 saturated heterocycles. The Morgan fingerprint density at radius 2 is 2.17 bits per heavy atom. The molecule has 0 spiro atoms. The van der Waals surface area contributed by atoms with Gasteiger partial charge < -0.3 is 15.5 Å². The van der Waals surface area contributed by atoms with Gasteiger partial charge in [0.1, 0.15) is 0 Å². The molecule has 0 saturated carbocycles. The fourth-order valence-corrected chi connectivity index (χ4v) is 3.62. The van der Waals surface area contributed by atoms with Crippen LogP contribution in [0.15, 0.2) is 41.7 Å². The summed E-state index contributed by atoms with van der Waals surface area (Å²) in [6, 6.07) is 7.72. The molecule has 7 heteroatoms. The molecule has 0 aliphatic carbocycles. The van der Waals surface area contributed by atoms with E-state index in [0.717, 1.165) is 44.0 Å².